The smallest absolute Gasteiger partial charge is 0.251 e. The van der Waals surface area contributed by atoms with Gasteiger partial charge in [0.2, 0.25) is 0 Å². The molecule has 1 N–H and O–H groups in total. The maximum absolute atomic E-state index is 12.0. The molecule has 1 aromatic heterocycles. The van der Waals surface area contributed by atoms with Crippen molar-refractivity contribution < 1.29 is 9.21 Å². The first-order valence-corrected chi connectivity index (χ1v) is 6.53. The first-order valence-electron chi connectivity index (χ1n) is 6.53. The van der Waals surface area contributed by atoms with Gasteiger partial charge in [-0.2, -0.15) is 0 Å². The molecule has 0 bridgehead atoms. The van der Waals surface area contributed by atoms with Gasteiger partial charge in [0.05, 0.1) is 6.20 Å². The summed E-state index contributed by atoms with van der Waals surface area (Å²) in [7, 11) is 3.89. The third kappa shape index (κ3) is 3.60. The van der Waals surface area contributed by atoms with Crippen LogP contribution in [0.2, 0.25) is 0 Å². The summed E-state index contributed by atoms with van der Waals surface area (Å²) in [5.41, 5.74) is 1.65. The van der Waals surface area contributed by atoms with Crippen LogP contribution in [0.1, 0.15) is 22.0 Å². The second kappa shape index (κ2) is 6.23. The molecular formula is C15H19N3O2. The molecule has 1 heterocycles. The molecule has 0 unspecified atom stereocenters. The van der Waals surface area contributed by atoms with Crippen LogP contribution in [0, 0.1) is 6.92 Å². The molecule has 106 valence electrons. The Morgan fingerprint density at radius 3 is 2.85 bits per heavy atom. The van der Waals surface area contributed by atoms with Crippen LogP contribution in [0.5, 0.6) is 0 Å². The van der Waals surface area contributed by atoms with Crippen molar-refractivity contribution >= 4 is 11.6 Å². The molecule has 2 rings (SSSR count). The number of aryl methyl sites for hydroxylation is 1. The number of carbonyl (C=O) groups excluding carboxylic acids is 1. The number of benzene rings is 1. The largest absolute Gasteiger partial charge is 0.446 e. The molecule has 5 heteroatoms. The molecule has 5 nitrogen and oxygen atoms in total. The summed E-state index contributed by atoms with van der Waals surface area (Å²) in [6.45, 7) is 2.35. The Morgan fingerprint density at radius 2 is 2.20 bits per heavy atom. The Morgan fingerprint density at radius 1 is 1.40 bits per heavy atom. The highest BCUT2D eigenvalue weighted by Gasteiger charge is 2.07. The Bertz CT molecular complexity index is 590. The van der Waals surface area contributed by atoms with Gasteiger partial charge in [-0.15, -0.1) is 0 Å². The minimum absolute atomic E-state index is 0.0861. The van der Waals surface area contributed by atoms with E-state index in [9.17, 15) is 4.79 Å². The normalized spacial score (nSPS) is 10.3. The first-order chi connectivity index (χ1) is 9.56. The van der Waals surface area contributed by atoms with Gasteiger partial charge in [0.15, 0.2) is 5.89 Å². The molecule has 0 spiro atoms. The second-order valence-electron chi connectivity index (χ2n) is 4.82. The monoisotopic (exact) mass is 273 g/mol. The third-order valence-electron chi connectivity index (χ3n) is 2.92. The summed E-state index contributed by atoms with van der Waals surface area (Å²) in [5, 5.41) is 2.87. The van der Waals surface area contributed by atoms with Crippen molar-refractivity contribution in [3.05, 3.63) is 47.7 Å². The van der Waals surface area contributed by atoms with Gasteiger partial charge in [-0.05, 0) is 25.1 Å². The minimum atomic E-state index is -0.0861. The molecule has 1 aromatic carbocycles. The SMILES string of the molecule is Cc1cnc(CCNC(=O)c2cccc(N(C)C)c2)o1. The molecule has 0 fully saturated rings. The molecule has 2 aromatic rings. The fraction of sp³-hybridized carbons (Fsp3) is 0.333. The van der Waals surface area contributed by atoms with E-state index in [1.165, 1.54) is 0 Å². The average Bonchev–Trinajstić information content (AvgIpc) is 2.84. The molecule has 0 aliphatic carbocycles. The van der Waals surface area contributed by atoms with Crippen LogP contribution in [0.25, 0.3) is 0 Å². The van der Waals surface area contributed by atoms with Crippen molar-refractivity contribution in [1.29, 1.82) is 0 Å². The number of nitrogens with one attached hydrogen (secondary N) is 1. The van der Waals surface area contributed by atoms with Gasteiger partial charge in [0.1, 0.15) is 5.76 Å². The van der Waals surface area contributed by atoms with Gasteiger partial charge in [-0.25, -0.2) is 4.98 Å². The summed E-state index contributed by atoms with van der Waals surface area (Å²) in [5.74, 6) is 1.34. The van der Waals surface area contributed by atoms with Crippen LogP contribution in [-0.4, -0.2) is 31.5 Å². The van der Waals surface area contributed by atoms with E-state index in [0.717, 1.165) is 11.4 Å². The Kier molecular flexibility index (Phi) is 4.40. The van der Waals surface area contributed by atoms with Gasteiger partial charge >= 0.3 is 0 Å². The Balaban J connectivity index is 1.90. The maximum Gasteiger partial charge on any atom is 0.251 e. The summed E-state index contributed by atoms with van der Waals surface area (Å²) >= 11 is 0. The van der Waals surface area contributed by atoms with Gasteiger partial charge in [0, 0.05) is 38.3 Å². The van der Waals surface area contributed by atoms with Gasteiger partial charge in [0.25, 0.3) is 5.91 Å². The van der Waals surface area contributed by atoms with Crippen LogP contribution in [0.3, 0.4) is 0 Å². The number of carbonyl (C=O) groups is 1. The third-order valence-corrected chi connectivity index (χ3v) is 2.92. The lowest BCUT2D eigenvalue weighted by molar-refractivity contribution is 0.0953. The zero-order valence-corrected chi connectivity index (χ0v) is 12.0. The number of hydrogen-bond donors (Lipinski definition) is 1. The molecule has 0 saturated heterocycles. The Hall–Kier alpha value is -2.30. The molecular weight excluding hydrogens is 254 g/mol. The summed E-state index contributed by atoms with van der Waals surface area (Å²) < 4.78 is 5.35. The standard InChI is InChI=1S/C15H19N3O2/c1-11-10-17-14(20-11)7-8-16-15(19)12-5-4-6-13(9-12)18(2)3/h4-6,9-10H,7-8H2,1-3H3,(H,16,19). The second-order valence-corrected chi connectivity index (χ2v) is 4.82. The van der Waals surface area contributed by atoms with Crippen molar-refractivity contribution in [3.8, 4) is 0 Å². The fourth-order valence-corrected chi connectivity index (χ4v) is 1.83. The highest BCUT2D eigenvalue weighted by Crippen LogP contribution is 2.13. The first kappa shape index (κ1) is 14.1. The van der Waals surface area contributed by atoms with E-state index in [1.807, 2.05) is 44.1 Å². The van der Waals surface area contributed by atoms with Gasteiger partial charge in [-0.1, -0.05) is 6.07 Å². The highest BCUT2D eigenvalue weighted by atomic mass is 16.4. The van der Waals surface area contributed by atoms with Crippen LogP contribution in [0.4, 0.5) is 5.69 Å². The lowest BCUT2D eigenvalue weighted by Gasteiger charge is -2.13. The average molecular weight is 273 g/mol. The van der Waals surface area contributed by atoms with Crippen LogP contribution in [0.15, 0.2) is 34.9 Å². The predicted octanol–water partition coefficient (Wildman–Crippen LogP) is 2.02. The number of nitrogens with zero attached hydrogens (tertiary/aromatic N) is 2. The van der Waals surface area contributed by atoms with E-state index in [2.05, 4.69) is 10.3 Å². The quantitative estimate of drug-likeness (QED) is 0.905. The van der Waals surface area contributed by atoms with Crippen molar-refractivity contribution in [3.63, 3.8) is 0 Å². The van der Waals surface area contributed by atoms with Crippen LogP contribution in [-0.2, 0) is 6.42 Å². The predicted molar refractivity (Wildman–Crippen MR) is 78.0 cm³/mol. The van der Waals surface area contributed by atoms with E-state index in [4.69, 9.17) is 4.42 Å². The summed E-state index contributed by atoms with van der Waals surface area (Å²) in [6.07, 6.45) is 2.27. The number of amides is 1. The van der Waals surface area contributed by atoms with E-state index in [-0.39, 0.29) is 5.91 Å². The van der Waals surface area contributed by atoms with Crippen molar-refractivity contribution in [2.45, 2.75) is 13.3 Å². The van der Waals surface area contributed by atoms with Crippen molar-refractivity contribution in [2.75, 3.05) is 25.5 Å². The number of anilines is 1. The van der Waals surface area contributed by atoms with E-state index in [1.54, 1.807) is 12.3 Å². The van der Waals surface area contributed by atoms with E-state index >= 15 is 0 Å². The lowest BCUT2D eigenvalue weighted by atomic mass is 10.2. The molecule has 20 heavy (non-hydrogen) atoms. The molecule has 1 amide bonds. The Labute approximate surface area is 118 Å². The number of rotatable bonds is 5. The maximum atomic E-state index is 12.0. The highest BCUT2D eigenvalue weighted by molar-refractivity contribution is 5.95. The molecule has 0 aliphatic heterocycles. The summed E-state index contributed by atoms with van der Waals surface area (Å²) in [4.78, 5) is 18.1. The molecule has 0 radical (unpaired) electrons. The zero-order chi connectivity index (χ0) is 14.5. The topological polar surface area (TPSA) is 58.4 Å². The molecule has 0 saturated carbocycles. The fourth-order valence-electron chi connectivity index (χ4n) is 1.83. The lowest BCUT2D eigenvalue weighted by Crippen LogP contribution is -2.26. The zero-order valence-electron chi connectivity index (χ0n) is 12.0. The molecule has 0 atom stereocenters. The van der Waals surface area contributed by atoms with Gasteiger partial charge in [-0.3, -0.25) is 4.79 Å². The number of oxazole rings is 1. The number of hydrogen-bond acceptors (Lipinski definition) is 4. The van der Waals surface area contributed by atoms with E-state index < -0.39 is 0 Å². The van der Waals surface area contributed by atoms with Crippen molar-refractivity contribution in [2.24, 2.45) is 0 Å². The summed E-state index contributed by atoms with van der Waals surface area (Å²) in [6, 6.07) is 7.51. The van der Waals surface area contributed by atoms with E-state index in [0.29, 0.717) is 24.4 Å². The van der Waals surface area contributed by atoms with Crippen molar-refractivity contribution in [1.82, 2.24) is 10.3 Å². The van der Waals surface area contributed by atoms with Crippen LogP contribution < -0.4 is 10.2 Å². The number of aromatic nitrogens is 1. The molecule has 0 aliphatic rings. The minimum Gasteiger partial charge on any atom is -0.446 e. The van der Waals surface area contributed by atoms with Gasteiger partial charge < -0.3 is 14.6 Å². The van der Waals surface area contributed by atoms with Crippen LogP contribution >= 0.6 is 0 Å².